The number of likely N-dealkylation sites (N-methyl/N-ethyl adjacent to an activating group) is 1. The van der Waals surface area contributed by atoms with Crippen LogP contribution in [0.2, 0.25) is 0 Å². The van der Waals surface area contributed by atoms with Crippen molar-refractivity contribution in [3.8, 4) is 0 Å². The molecule has 0 aromatic heterocycles. The fourth-order valence-electron chi connectivity index (χ4n) is 9.60. The third kappa shape index (κ3) is 60.7. The molecule has 0 fully saturated rings. The molecule has 9 nitrogen and oxygen atoms in total. The maximum atomic E-state index is 12.9. The Morgan fingerprint density at radius 2 is 0.740 bits per heavy atom. The van der Waals surface area contributed by atoms with Crippen LogP contribution in [-0.4, -0.2) is 87.4 Å². The maximum Gasteiger partial charge on any atom is 0.361 e. The van der Waals surface area contributed by atoms with E-state index in [9.17, 15) is 19.5 Å². The Hall–Kier alpha value is -2.75. The van der Waals surface area contributed by atoms with E-state index in [0.29, 0.717) is 23.9 Å². The van der Waals surface area contributed by atoms with Gasteiger partial charge in [0, 0.05) is 12.8 Å². The van der Waals surface area contributed by atoms with Gasteiger partial charge in [-0.1, -0.05) is 294 Å². The minimum absolute atomic E-state index is 0.185. The molecule has 0 aromatic rings. The Bertz CT molecular complexity index is 1400. The van der Waals surface area contributed by atoms with Gasteiger partial charge in [-0.05, 0) is 51.4 Å². The van der Waals surface area contributed by atoms with Crippen molar-refractivity contribution in [1.29, 1.82) is 0 Å². The lowest BCUT2D eigenvalue weighted by Crippen LogP contribution is -2.40. The summed E-state index contributed by atoms with van der Waals surface area (Å²) in [6.45, 7) is 4.79. The van der Waals surface area contributed by atoms with E-state index in [-0.39, 0.29) is 32.2 Å². The van der Waals surface area contributed by atoms with Crippen LogP contribution in [0, 0.1) is 0 Å². The minimum atomic E-state index is -1.51. The van der Waals surface area contributed by atoms with Gasteiger partial charge in [0.1, 0.15) is 13.2 Å². The first-order chi connectivity index (χ1) is 37.6. The van der Waals surface area contributed by atoms with Crippen LogP contribution in [0.4, 0.5) is 0 Å². The molecule has 0 saturated carbocycles. The molecule has 0 spiro atoms. The zero-order valence-corrected chi connectivity index (χ0v) is 51.4. The molecule has 2 atom stereocenters. The standard InChI is InChI=1S/C68H125NO8/c1-6-8-10-12-14-16-18-20-22-24-26-27-28-29-30-31-32-33-34-35-36-37-38-39-41-42-44-46-48-50-52-54-56-58-65(70)75-62-64(63-76-68(67(72)73)74-61-60-69(3,4)5)77-66(71)59-57-55-53-51-49-47-45-43-40-25-23-21-19-17-15-13-11-9-7-2/h9,11,15,17,21,23,40,43,64,68H,6-8,10,12-14,16,18-20,22,24-39,41-42,44-63H2,1-5H3/p+1/b11-9-,17-15-,23-21-,43-40-. The number of carbonyl (C=O) groups is 3. The first-order valence-electron chi connectivity index (χ1n) is 32.8. The van der Waals surface area contributed by atoms with Gasteiger partial charge in [0.2, 0.25) is 0 Å². The zero-order valence-electron chi connectivity index (χ0n) is 51.4. The van der Waals surface area contributed by atoms with Crippen LogP contribution in [-0.2, 0) is 33.3 Å². The molecule has 0 amide bonds. The Balaban J connectivity index is 4.05. The highest BCUT2D eigenvalue weighted by molar-refractivity contribution is 5.71. The number of quaternary nitrogens is 1. The number of nitrogens with zero attached hydrogens (tertiary/aromatic N) is 1. The van der Waals surface area contributed by atoms with Crippen LogP contribution >= 0.6 is 0 Å². The Morgan fingerprint density at radius 3 is 1.10 bits per heavy atom. The number of esters is 2. The van der Waals surface area contributed by atoms with E-state index in [0.717, 1.165) is 83.5 Å². The van der Waals surface area contributed by atoms with Gasteiger partial charge in [-0.2, -0.15) is 0 Å². The van der Waals surface area contributed by atoms with Crippen molar-refractivity contribution in [2.75, 3.05) is 47.5 Å². The largest absolute Gasteiger partial charge is 0.477 e. The van der Waals surface area contributed by atoms with E-state index >= 15 is 0 Å². The Kier molecular flexibility index (Phi) is 57.3. The van der Waals surface area contributed by atoms with Gasteiger partial charge in [-0.15, -0.1) is 0 Å². The van der Waals surface area contributed by atoms with E-state index in [2.05, 4.69) is 62.5 Å². The number of hydrogen-bond acceptors (Lipinski definition) is 7. The molecule has 9 heteroatoms. The summed E-state index contributed by atoms with van der Waals surface area (Å²) in [6.07, 6.45) is 72.3. The van der Waals surface area contributed by atoms with Crippen molar-refractivity contribution in [2.45, 2.75) is 322 Å². The number of carboxylic acid groups (broad SMARTS) is 1. The summed E-state index contributed by atoms with van der Waals surface area (Å²) in [5, 5.41) is 9.72. The number of unbranched alkanes of at least 4 members (excludes halogenated alkanes) is 38. The fraction of sp³-hybridized carbons (Fsp3) is 0.838. The molecule has 0 aliphatic rings. The molecule has 0 aromatic carbocycles. The molecule has 0 saturated heterocycles. The van der Waals surface area contributed by atoms with Crippen LogP contribution < -0.4 is 0 Å². The number of hydrogen-bond donors (Lipinski definition) is 1. The Labute approximate surface area is 476 Å². The number of rotatable bonds is 61. The van der Waals surface area contributed by atoms with Crippen molar-refractivity contribution < 1.29 is 42.9 Å². The molecule has 450 valence electrons. The van der Waals surface area contributed by atoms with Gasteiger partial charge >= 0.3 is 17.9 Å². The average Bonchev–Trinajstić information content (AvgIpc) is 3.40. The van der Waals surface area contributed by atoms with Gasteiger partial charge in [0.15, 0.2) is 6.10 Å². The van der Waals surface area contributed by atoms with Gasteiger partial charge in [-0.25, -0.2) is 4.79 Å². The first kappa shape index (κ1) is 74.2. The van der Waals surface area contributed by atoms with Gasteiger partial charge < -0.3 is 28.5 Å². The van der Waals surface area contributed by atoms with Crippen LogP contribution in [0.1, 0.15) is 309 Å². The number of ether oxygens (including phenoxy) is 4. The average molecular weight is 1090 g/mol. The SMILES string of the molecule is CC/C=C\C/C=C\C/C=C\C/C=C\CCCCCCCCC(=O)OC(COC(=O)CCCCCCCCCCCCCCCCCCCCCCCCCCCCCCCCCCC)COC(OCC[N+](C)(C)C)C(=O)O. The van der Waals surface area contributed by atoms with E-state index in [1.807, 2.05) is 21.1 Å². The van der Waals surface area contributed by atoms with Crippen LogP contribution in [0.5, 0.6) is 0 Å². The fourth-order valence-corrected chi connectivity index (χ4v) is 9.60. The van der Waals surface area contributed by atoms with Gasteiger partial charge in [0.25, 0.3) is 6.29 Å². The molecular weight excluding hydrogens is 959 g/mol. The Morgan fingerprint density at radius 1 is 0.403 bits per heavy atom. The second kappa shape index (κ2) is 59.4. The molecule has 0 aliphatic carbocycles. The molecule has 0 rings (SSSR count). The van der Waals surface area contributed by atoms with Crippen molar-refractivity contribution in [2.24, 2.45) is 0 Å². The second-order valence-electron chi connectivity index (χ2n) is 23.4. The highest BCUT2D eigenvalue weighted by Gasteiger charge is 2.25. The summed E-state index contributed by atoms with van der Waals surface area (Å²) < 4.78 is 22.9. The lowest BCUT2D eigenvalue weighted by molar-refractivity contribution is -0.870. The smallest absolute Gasteiger partial charge is 0.361 e. The number of allylic oxidation sites excluding steroid dienone is 8. The lowest BCUT2D eigenvalue weighted by Gasteiger charge is -2.25. The maximum absolute atomic E-state index is 12.9. The summed E-state index contributed by atoms with van der Waals surface area (Å²) in [7, 11) is 5.97. The predicted molar refractivity (Wildman–Crippen MR) is 327 cm³/mol. The highest BCUT2D eigenvalue weighted by Crippen LogP contribution is 2.18. The van der Waals surface area contributed by atoms with Crippen molar-refractivity contribution >= 4 is 17.9 Å². The van der Waals surface area contributed by atoms with E-state index < -0.39 is 24.3 Å². The minimum Gasteiger partial charge on any atom is -0.477 e. The molecule has 0 heterocycles. The molecule has 0 radical (unpaired) electrons. The zero-order chi connectivity index (χ0) is 56.2. The van der Waals surface area contributed by atoms with Gasteiger partial charge in [0.05, 0.1) is 34.4 Å². The number of carboxylic acids is 1. The molecule has 1 N–H and O–H groups in total. The summed E-state index contributed by atoms with van der Waals surface area (Å²) in [4.78, 5) is 37.5. The van der Waals surface area contributed by atoms with E-state index in [1.54, 1.807) is 0 Å². The van der Waals surface area contributed by atoms with Crippen LogP contribution in [0.15, 0.2) is 48.6 Å². The van der Waals surface area contributed by atoms with Crippen LogP contribution in [0.3, 0.4) is 0 Å². The van der Waals surface area contributed by atoms with Crippen LogP contribution in [0.25, 0.3) is 0 Å². The summed E-state index contributed by atoms with van der Waals surface area (Å²) >= 11 is 0. The molecule has 77 heavy (non-hydrogen) atoms. The second-order valence-corrected chi connectivity index (χ2v) is 23.4. The van der Waals surface area contributed by atoms with E-state index in [4.69, 9.17) is 18.9 Å². The first-order valence-corrected chi connectivity index (χ1v) is 32.8. The summed E-state index contributed by atoms with van der Waals surface area (Å²) in [5.74, 6) is -2.01. The molecule has 0 bridgehead atoms. The predicted octanol–water partition coefficient (Wildman–Crippen LogP) is 19.8. The quantitative estimate of drug-likeness (QED) is 0.0211. The summed E-state index contributed by atoms with van der Waals surface area (Å²) in [5.41, 5.74) is 0. The van der Waals surface area contributed by atoms with Crippen molar-refractivity contribution in [3.63, 3.8) is 0 Å². The molecule has 0 aliphatic heterocycles. The third-order valence-corrected chi connectivity index (χ3v) is 14.6. The monoisotopic (exact) mass is 1080 g/mol. The number of aliphatic carboxylic acids is 1. The number of carbonyl (C=O) groups excluding carboxylic acids is 2. The highest BCUT2D eigenvalue weighted by atomic mass is 16.7. The molecular formula is C68H126NO8+. The van der Waals surface area contributed by atoms with Gasteiger partial charge in [-0.3, -0.25) is 9.59 Å². The van der Waals surface area contributed by atoms with E-state index in [1.165, 1.54) is 193 Å². The third-order valence-electron chi connectivity index (χ3n) is 14.6. The van der Waals surface area contributed by atoms with Crippen molar-refractivity contribution in [1.82, 2.24) is 0 Å². The van der Waals surface area contributed by atoms with Crippen molar-refractivity contribution in [3.05, 3.63) is 48.6 Å². The molecule has 2 unspecified atom stereocenters. The normalized spacial score (nSPS) is 13.0. The lowest BCUT2D eigenvalue weighted by atomic mass is 10.0. The summed E-state index contributed by atoms with van der Waals surface area (Å²) in [6, 6.07) is 0. The topological polar surface area (TPSA) is 108 Å².